The fraction of sp³-hybridized carbons (Fsp3) is 0.143. The van der Waals surface area contributed by atoms with E-state index in [4.69, 9.17) is 23.2 Å². The molecule has 2 nitrogen and oxygen atoms in total. The minimum atomic E-state index is 0.0427. The topological polar surface area (TPSA) is 32.3 Å². The van der Waals surface area contributed by atoms with E-state index < -0.39 is 0 Å². The van der Waals surface area contributed by atoms with E-state index >= 15 is 0 Å². The summed E-state index contributed by atoms with van der Waals surface area (Å²) in [6, 6.07) is 20.2. The van der Waals surface area contributed by atoms with Crippen molar-refractivity contribution in [1.82, 2.24) is 0 Å². The molecule has 134 valence electrons. The van der Waals surface area contributed by atoms with Crippen molar-refractivity contribution >= 4 is 40.7 Å². The molecule has 0 spiro atoms. The molecule has 0 amide bonds. The number of phenols is 1. The van der Waals surface area contributed by atoms with Gasteiger partial charge in [0.25, 0.3) is 0 Å². The van der Waals surface area contributed by atoms with E-state index in [0.717, 1.165) is 16.0 Å². The molecule has 0 saturated carbocycles. The highest BCUT2D eigenvalue weighted by molar-refractivity contribution is 7.99. The van der Waals surface area contributed by atoms with Crippen LogP contribution >= 0.6 is 35.0 Å². The predicted octanol–water partition coefficient (Wildman–Crippen LogP) is 7.02. The van der Waals surface area contributed by atoms with E-state index in [1.165, 1.54) is 4.90 Å². The molecule has 0 saturated heterocycles. The third-order valence-corrected chi connectivity index (χ3v) is 5.92. The Bertz CT molecular complexity index is 900. The standard InChI is InChI=1S/C21H19Cl2NOS/c1-2-16-17(22)12-18(21(25)20(16)23)24-13-14-8-6-7-11-19(14)26-15-9-4-3-5-10-15/h3-12,24-25H,2,13H2,1H3. The van der Waals surface area contributed by atoms with E-state index in [1.54, 1.807) is 17.8 Å². The van der Waals surface area contributed by atoms with Gasteiger partial charge in [-0.15, -0.1) is 0 Å². The molecular weight excluding hydrogens is 385 g/mol. The molecule has 3 aromatic rings. The second kappa shape index (κ2) is 8.72. The molecule has 2 N–H and O–H groups in total. The Morgan fingerprint density at radius 1 is 1.00 bits per heavy atom. The van der Waals surface area contributed by atoms with E-state index in [-0.39, 0.29) is 5.75 Å². The minimum Gasteiger partial charge on any atom is -0.504 e. The highest BCUT2D eigenvalue weighted by Gasteiger charge is 2.14. The summed E-state index contributed by atoms with van der Waals surface area (Å²) in [6.45, 7) is 2.51. The number of hydrogen-bond acceptors (Lipinski definition) is 3. The molecule has 5 heteroatoms. The number of benzene rings is 3. The van der Waals surface area contributed by atoms with Crippen LogP contribution in [0, 0.1) is 0 Å². The van der Waals surface area contributed by atoms with Gasteiger partial charge in [-0.2, -0.15) is 0 Å². The van der Waals surface area contributed by atoms with Crippen LogP contribution in [0.1, 0.15) is 18.1 Å². The first-order valence-corrected chi connectivity index (χ1v) is 9.92. The van der Waals surface area contributed by atoms with Gasteiger partial charge in [0.1, 0.15) is 0 Å². The second-order valence-electron chi connectivity index (χ2n) is 5.78. The lowest BCUT2D eigenvalue weighted by atomic mass is 10.1. The van der Waals surface area contributed by atoms with Crippen molar-refractivity contribution in [2.45, 2.75) is 29.7 Å². The zero-order valence-electron chi connectivity index (χ0n) is 14.3. The molecule has 0 aliphatic heterocycles. The molecule has 26 heavy (non-hydrogen) atoms. The molecule has 0 bridgehead atoms. The zero-order chi connectivity index (χ0) is 18.5. The third kappa shape index (κ3) is 4.29. The van der Waals surface area contributed by atoms with Crippen LogP contribution in [-0.4, -0.2) is 5.11 Å². The van der Waals surface area contributed by atoms with Crippen LogP contribution in [0.15, 0.2) is 70.5 Å². The summed E-state index contributed by atoms with van der Waals surface area (Å²) >= 11 is 14.2. The van der Waals surface area contributed by atoms with Crippen molar-refractivity contribution in [3.63, 3.8) is 0 Å². The molecule has 0 aromatic heterocycles. The van der Waals surface area contributed by atoms with Crippen molar-refractivity contribution in [1.29, 1.82) is 0 Å². The Morgan fingerprint density at radius 3 is 2.42 bits per heavy atom. The van der Waals surface area contributed by atoms with Gasteiger partial charge in [-0.1, -0.05) is 78.3 Å². The molecule has 0 unspecified atom stereocenters. The average molecular weight is 404 g/mol. The molecule has 0 aliphatic rings. The van der Waals surface area contributed by atoms with E-state index in [1.807, 2.05) is 37.3 Å². The van der Waals surface area contributed by atoms with Crippen molar-refractivity contribution < 1.29 is 5.11 Å². The van der Waals surface area contributed by atoms with Crippen LogP contribution in [0.5, 0.6) is 5.75 Å². The first-order valence-electron chi connectivity index (χ1n) is 8.34. The molecule has 0 aliphatic carbocycles. The highest BCUT2D eigenvalue weighted by Crippen LogP contribution is 2.40. The van der Waals surface area contributed by atoms with Crippen LogP contribution in [0.4, 0.5) is 5.69 Å². The lowest BCUT2D eigenvalue weighted by Gasteiger charge is -2.15. The highest BCUT2D eigenvalue weighted by atomic mass is 35.5. The number of nitrogens with one attached hydrogen (secondary N) is 1. The van der Waals surface area contributed by atoms with Gasteiger partial charge in [0.15, 0.2) is 5.75 Å². The Kier molecular flexibility index (Phi) is 6.36. The summed E-state index contributed by atoms with van der Waals surface area (Å²) in [4.78, 5) is 2.34. The van der Waals surface area contributed by atoms with E-state index in [9.17, 15) is 5.11 Å². The number of aromatic hydroxyl groups is 1. The van der Waals surface area contributed by atoms with Crippen LogP contribution in [0.25, 0.3) is 0 Å². The fourth-order valence-corrected chi connectivity index (χ4v) is 4.35. The number of anilines is 1. The van der Waals surface area contributed by atoms with Crippen molar-refractivity contribution in [3.8, 4) is 5.75 Å². The Morgan fingerprint density at radius 2 is 1.69 bits per heavy atom. The van der Waals surface area contributed by atoms with Gasteiger partial charge in [-0.05, 0) is 41.8 Å². The minimum absolute atomic E-state index is 0.0427. The first-order chi connectivity index (χ1) is 12.6. The maximum Gasteiger partial charge on any atom is 0.157 e. The smallest absolute Gasteiger partial charge is 0.157 e. The summed E-state index contributed by atoms with van der Waals surface area (Å²) in [6.07, 6.45) is 0.669. The van der Waals surface area contributed by atoms with Crippen LogP contribution < -0.4 is 5.32 Å². The summed E-state index contributed by atoms with van der Waals surface area (Å²) in [7, 11) is 0. The molecule has 0 fully saturated rings. The molecule has 0 atom stereocenters. The van der Waals surface area contributed by atoms with Crippen molar-refractivity contribution in [2.75, 3.05) is 5.32 Å². The quantitative estimate of drug-likeness (QED) is 0.433. The van der Waals surface area contributed by atoms with E-state index in [2.05, 4.69) is 29.6 Å². The number of rotatable bonds is 6. The van der Waals surface area contributed by atoms with Gasteiger partial charge in [0.2, 0.25) is 0 Å². The van der Waals surface area contributed by atoms with Gasteiger partial charge in [0.05, 0.1) is 10.7 Å². The van der Waals surface area contributed by atoms with Crippen molar-refractivity contribution in [3.05, 3.63) is 81.8 Å². The maximum atomic E-state index is 10.4. The van der Waals surface area contributed by atoms with Crippen LogP contribution in [0.2, 0.25) is 10.0 Å². The Labute approximate surface area is 168 Å². The first kappa shape index (κ1) is 19.0. The van der Waals surface area contributed by atoms with Crippen molar-refractivity contribution in [2.24, 2.45) is 0 Å². The normalized spacial score (nSPS) is 10.7. The van der Waals surface area contributed by atoms with Gasteiger partial charge in [0, 0.05) is 21.4 Å². The SMILES string of the molecule is CCc1c(Cl)cc(NCc2ccccc2Sc2ccccc2)c(O)c1Cl. The fourth-order valence-electron chi connectivity index (χ4n) is 2.66. The number of hydrogen-bond donors (Lipinski definition) is 2. The Hall–Kier alpha value is -1.81. The van der Waals surface area contributed by atoms with Crippen LogP contribution in [0.3, 0.4) is 0 Å². The lowest BCUT2D eigenvalue weighted by Crippen LogP contribution is -2.02. The molecular formula is C21H19Cl2NOS. The third-order valence-electron chi connectivity index (χ3n) is 4.05. The Balaban J connectivity index is 1.81. The molecule has 0 radical (unpaired) electrons. The summed E-state index contributed by atoms with van der Waals surface area (Å²) in [5.41, 5.74) is 2.43. The van der Waals surface area contributed by atoms with Crippen LogP contribution in [-0.2, 0) is 13.0 Å². The lowest BCUT2D eigenvalue weighted by molar-refractivity contribution is 0.476. The number of phenolic OH excluding ortho intramolecular Hbond substituents is 1. The molecule has 0 heterocycles. The molecule has 3 rings (SSSR count). The largest absolute Gasteiger partial charge is 0.504 e. The van der Waals surface area contributed by atoms with Gasteiger partial charge in [-0.3, -0.25) is 0 Å². The zero-order valence-corrected chi connectivity index (χ0v) is 16.6. The second-order valence-corrected chi connectivity index (χ2v) is 7.68. The van der Waals surface area contributed by atoms with E-state index in [0.29, 0.717) is 28.7 Å². The average Bonchev–Trinajstić information content (AvgIpc) is 2.66. The predicted molar refractivity (Wildman–Crippen MR) is 112 cm³/mol. The van der Waals surface area contributed by atoms with Gasteiger partial charge < -0.3 is 10.4 Å². The summed E-state index contributed by atoms with van der Waals surface area (Å²) in [5, 5.41) is 14.5. The summed E-state index contributed by atoms with van der Waals surface area (Å²) in [5.74, 6) is 0.0427. The molecule has 3 aromatic carbocycles. The van der Waals surface area contributed by atoms with Gasteiger partial charge in [-0.25, -0.2) is 0 Å². The monoisotopic (exact) mass is 403 g/mol. The summed E-state index contributed by atoms with van der Waals surface area (Å²) < 4.78 is 0. The van der Waals surface area contributed by atoms with Gasteiger partial charge >= 0.3 is 0 Å². The maximum absolute atomic E-state index is 10.4. The number of halogens is 2.